The maximum Gasteiger partial charge on any atom is 0.226 e. The number of imidazole rings is 1. The van der Waals surface area contributed by atoms with Gasteiger partial charge >= 0.3 is 0 Å². The molecule has 5 heterocycles. The van der Waals surface area contributed by atoms with E-state index in [0.29, 0.717) is 42.4 Å². The summed E-state index contributed by atoms with van der Waals surface area (Å²) in [6.07, 6.45) is 3.34. The average molecular weight is 484 g/mol. The van der Waals surface area contributed by atoms with Crippen molar-refractivity contribution < 1.29 is 9.53 Å². The van der Waals surface area contributed by atoms with Crippen LogP contribution in [0.4, 0.5) is 5.82 Å². The summed E-state index contributed by atoms with van der Waals surface area (Å²) in [7, 11) is 0. The van der Waals surface area contributed by atoms with E-state index < -0.39 is 0 Å². The van der Waals surface area contributed by atoms with Crippen LogP contribution < -0.4 is 10.1 Å². The van der Waals surface area contributed by atoms with Gasteiger partial charge in [-0.2, -0.15) is 14.9 Å². The minimum absolute atomic E-state index is 0.0752. The third kappa shape index (κ3) is 3.78. The number of aryl methyl sites for hydroxylation is 3. The van der Waals surface area contributed by atoms with Crippen LogP contribution in [0.25, 0.3) is 17.0 Å². The van der Waals surface area contributed by atoms with E-state index in [0.717, 1.165) is 34.0 Å². The van der Waals surface area contributed by atoms with Gasteiger partial charge in [0.1, 0.15) is 30.0 Å². The highest BCUT2D eigenvalue weighted by Crippen LogP contribution is 2.40. The van der Waals surface area contributed by atoms with Crippen molar-refractivity contribution in [1.29, 1.82) is 0 Å². The molecule has 2 N–H and O–H groups in total. The SMILES string of the molecule is Cc1cc(C)n(CCOc2ccc(C3CC(=O)Nc4c3c(C)nn4-c3ncnc4nc[nH]c34)cc2)n1. The normalized spacial score (nSPS) is 15.2. The zero-order valence-electron chi connectivity index (χ0n) is 20.2. The topological polar surface area (TPSA) is 128 Å². The van der Waals surface area contributed by atoms with E-state index in [1.54, 1.807) is 11.0 Å². The molecule has 11 nitrogen and oxygen atoms in total. The van der Waals surface area contributed by atoms with Gasteiger partial charge in [-0.25, -0.2) is 15.0 Å². The molecule has 1 unspecified atom stereocenters. The zero-order chi connectivity index (χ0) is 24.8. The fourth-order valence-corrected chi connectivity index (χ4v) is 4.85. The van der Waals surface area contributed by atoms with Gasteiger partial charge in [-0.05, 0) is 44.5 Å². The summed E-state index contributed by atoms with van der Waals surface area (Å²) >= 11 is 0. The molecule has 6 rings (SSSR count). The lowest BCUT2D eigenvalue weighted by Crippen LogP contribution is -2.25. The van der Waals surface area contributed by atoms with Crippen molar-refractivity contribution in [3.8, 4) is 11.6 Å². The Labute approximate surface area is 206 Å². The first-order chi connectivity index (χ1) is 17.5. The second-order valence-corrected chi connectivity index (χ2v) is 8.93. The fourth-order valence-electron chi connectivity index (χ4n) is 4.85. The van der Waals surface area contributed by atoms with Crippen LogP contribution in [0.2, 0.25) is 0 Å². The van der Waals surface area contributed by atoms with E-state index in [9.17, 15) is 4.79 Å². The monoisotopic (exact) mass is 483 g/mol. The van der Waals surface area contributed by atoms with Gasteiger partial charge in [0, 0.05) is 23.6 Å². The van der Waals surface area contributed by atoms with Crippen LogP contribution in [0.15, 0.2) is 43.0 Å². The molecular weight excluding hydrogens is 458 g/mol. The van der Waals surface area contributed by atoms with Crippen LogP contribution in [-0.4, -0.2) is 52.0 Å². The molecular formula is C25H25N9O2. The Morgan fingerprint density at radius 1 is 1.08 bits per heavy atom. The van der Waals surface area contributed by atoms with Crippen LogP contribution in [0.3, 0.4) is 0 Å². The van der Waals surface area contributed by atoms with E-state index in [1.165, 1.54) is 6.33 Å². The summed E-state index contributed by atoms with van der Waals surface area (Å²) in [6.45, 7) is 7.16. The van der Waals surface area contributed by atoms with Crippen molar-refractivity contribution in [3.63, 3.8) is 0 Å². The first-order valence-corrected chi connectivity index (χ1v) is 11.8. The zero-order valence-corrected chi connectivity index (χ0v) is 20.2. The maximum absolute atomic E-state index is 12.8. The Morgan fingerprint density at radius 2 is 1.92 bits per heavy atom. The van der Waals surface area contributed by atoms with Crippen LogP contribution in [-0.2, 0) is 11.3 Å². The van der Waals surface area contributed by atoms with Crippen molar-refractivity contribution in [3.05, 3.63) is 71.2 Å². The smallest absolute Gasteiger partial charge is 0.226 e. The highest BCUT2D eigenvalue weighted by Gasteiger charge is 2.33. The molecule has 1 atom stereocenters. The number of fused-ring (bicyclic) bond motifs is 2. The number of aromatic amines is 1. The van der Waals surface area contributed by atoms with Crippen LogP contribution >= 0.6 is 0 Å². The number of amides is 1. The molecule has 0 aliphatic carbocycles. The fraction of sp³-hybridized carbons (Fsp3) is 0.280. The number of H-pyrrole nitrogens is 1. The number of anilines is 1. The summed E-state index contributed by atoms with van der Waals surface area (Å²) in [5, 5.41) is 12.2. The number of ether oxygens (including phenoxy) is 1. The second kappa shape index (κ2) is 8.59. The van der Waals surface area contributed by atoms with Crippen molar-refractivity contribution >= 4 is 22.9 Å². The molecule has 36 heavy (non-hydrogen) atoms. The lowest BCUT2D eigenvalue weighted by atomic mass is 9.86. The highest BCUT2D eigenvalue weighted by atomic mass is 16.5. The summed E-state index contributed by atoms with van der Waals surface area (Å²) in [4.78, 5) is 28.6. The number of carbonyl (C=O) groups excluding carboxylic acids is 1. The number of nitrogens with one attached hydrogen (secondary N) is 2. The quantitative estimate of drug-likeness (QED) is 0.379. The van der Waals surface area contributed by atoms with E-state index in [-0.39, 0.29) is 11.8 Å². The molecule has 0 bridgehead atoms. The largest absolute Gasteiger partial charge is 0.492 e. The highest BCUT2D eigenvalue weighted by molar-refractivity contribution is 5.95. The minimum Gasteiger partial charge on any atom is -0.492 e. The Bertz CT molecular complexity index is 1580. The van der Waals surface area contributed by atoms with Crippen molar-refractivity contribution in [2.45, 2.75) is 39.7 Å². The van der Waals surface area contributed by atoms with Crippen molar-refractivity contribution in [2.24, 2.45) is 0 Å². The second-order valence-electron chi connectivity index (χ2n) is 8.93. The lowest BCUT2D eigenvalue weighted by Gasteiger charge is -2.24. The average Bonchev–Trinajstić information content (AvgIpc) is 3.56. The first kappa shape index (κ1) is 22.0. The van der Waals surface area contributed by atoms with Crippen LogP contribution in [0.5, 0.6) is 5.75 Å². The Balaban J connectivity index is 1.26. The molecule has 4 aromatic heterocycles. The molecule has 11 heteroatoms. The van der Waals surface area contributed by atoms with Gasteiger partial charge in [0.05, 0.1) is 24.3 Å². The molecule has 1 aromatic carbocycles. The molecule has 0 spiro atoms. The Kier molecular flexibility index (Phi) is 5.24. The van der Waals surface area contributed by atoms with Crippen molar-refractivity contribution in [1.82, 2.24) is 39.5 Å². The van der Waals surface area contributed by atoms with E-state index in [4.69, 9.17) is 9.84 Å². The first-order valence-electron chi connectivity index (χ1n) is 11.8. The lowest BCUT2D eigenvalue weighted by molar-refractivity contribution is -0.116. The Morgan fingerprint density at radius 3 is 2.69 bits per heavy atom. The summed E-state index contributed by atoms with van der Waals surface area (Å²) in [6, 6.07) is 9.97. The molecule has 1 amide bonds. The molecule has 182 valence electrons. The molecule has 0 radical (unpaired) electrons. The minimum atomic E-state index is -0.134. The van der Waals surface area contributed by atoms with Gasteiger partial charge in [-0.3, -0.25) is 9.48 Å². The molecule has 1 aliphatic rings. The molecule has 0 fully saturated rings. The number of aromatic nitrogens is 8. The summed E-state index contributed by atoms with van der Waals surface area (Å²) < 4.78 is 9.55. The van der Waals surface area contributed by atoms with Crippen LogP contribution in [0, 0.1) is 20.8 Å². The maximum atomic E-state index is 12.8. The van der Waals surface area contributed by atoms with Gasteiger partial charge in [-0.1, -0.05) is 12.1 Å². The van der Waals surface area contributed by atoms with Crippen molar-refractivity contribution in [2.75, 3.05) is 11.9 Å². The number of rotatable bonds is 6. The van der Waals surface area contributed by atoms with Gasteiger partial charge in [0.15, 0.2) is 11.5 Å². The molecule has 0 saturated heterocycles. The van der Waals surface area contributed by atoms with E-state index in [1.807, 2.05) is 49.7 Å². The third-order valence-corrected chi connectivity index (χ3v) is 6.46. The standard InChI is InChI=1S/C25H25N9O2/c1-14-10-15(2)33(31-14)8-9-36-18-6-4-17(5-7-18)19-11-20(35)30-24-21(19)16(3)32-34(24)25-22-23(27-12-26-22)28-13-29-25/h4-7,10,12-13,19H,8-9,11H2,1-3H3,(H,30,35)(H,26,27,28,29). The predicted octanol–water partition coefficient (Wildman–Crippen LogP) is 3.21. The van der Waals surface area contributed by atoms with Gasteiger partial charge in [0.2, 0.25) is 5.91 Å². The van der Waals surface area contributed by atoms with Gasteiger partial charge in [-0.15, -0.1) is 0 Å². The molecule has 1 aliphatic heterocycles. The summed E-state index contributed by atoms with van der Waals surface area (Å²) in [5.41, 5.74) is 6.12. The molecule has 5 aromatic rings. The Hall–Kier alpha value is -4.54. The number of benzene rings is 1. The summed E-state index contributed by atoms with van der Waals surface area (Å²) in [5.74, 6) is 1.72. The number of carbonyl (C=O) groups is 1. The van der Waals surface area contributed by atoms with Gasteiger partial charge < -0.3 is 15.0 Å². The van der Waals surface area contributed by atoms with E-state index in [2.05, 4.69) is 36.4 Å². The number of hydrogen-bond donors (Lipinski definition) is 2. The molecule has 0 saturated carbocycles. The predicted molar refractivity (Wildman–Crippen MR) is 132 cm³/mol. The van der Waals surface area contributed by atoms with Crippen LogP contribution in [0.1, 0.15) is 40.5 Å². The number of hydrogen-bond acceptors (Lipinski definition) is 7. The van der Waals surface area contributed by atoms with Gasteiger partial charge in [0.25, 0.3) is 0 Å². The number of nitrogens with zero attached hydrogens (tertiary/aromatic N) is 7. The third-order valence-electron chi connectivity index (χ3n) is 6.46. The van der Waals surface area contributed by atoms with E-state index >= 15 is 0 Å².